The molecular weight excluding hydrogens is 528 g/mol. The van der Waals surface area contributed by atoms with Gasteiger partial charge in [-0.1, -0.05) is 20.8 Å². The van der Waals surface area contributed by atoms with Crippen LogP contribution in [0.15, 0.2) is 0 Å². The molecule has 0 aromatic heterocycles. The third-order valence-corrected chi connectivity index (χ3v) is 6.79. The summed E-state index contributed by atoms with van der Waals surface area (Å²) in [6.45, 7) is 5.30. The summed E-state index contributed by atoms with van der Waals surface area (Å²) in [7, 11) is 1.10. The molecule has 4 atom stereocenters. The predicted octanol–water partition coefficient (Wildman–Crippen LogP) is 2.40. The fourth-order valence-electron chi connectivity index (χ4n) is 4.30. The van der Waals surface area contributed by atoms with Gasteiger partial charge in [-0.05, 0) is 44.4 Å². The average molecular weight is 567 g/mol. The number of piperidine rings is 1. The van der Waals surface area contributed by atoms with E-state index in [0.717, 1.165) is 12.0 Å². The van der Waals surface area contributed by atoms with Crippen LogP contribution in [-0.4, -0.2) is 84.7 Å². The van der Waals surface area contributed by atoms with E-state index in [0.29, 0.717) is 19.8 Å². The Bertz CT molecular complexity index is 933. The molecule has 2 unspecified atom stereocenters. The molecule has 1 aliphatic heterocycles. The molecule has 2 rings (SSSR count). The van der Waals surface area contributed by atoms with E-state index in [1.807, 2.05) is 0 Å². The van der Waals surface area contributed by atoms with Gasteiger partial charge in [0.15, 0.2) is 0 Å². The number of ether oxygens (including phenoxy) is 1. The first-order valence-corrected chi connectivity index (χ1v) is 12.9. The number of alkyl carbamates (subject to hydrolysis) is 1. The van der Waals surface area contributed by atoms with Crippen molar-refractivity contribution in [1.82, 2.24) is 20.9 Å². The van der Waals surface area contributed by atoms with E-state index in [1.165, 1.54) is 0 Å². The number of hydrogen-bond acceptors (Lipinski definition) is 6. The highest BCUT2D eigenvalue weighted by Gasteiger charge is 2.45. The maximum Gasteiger partial charge on any atom is 0.407 e. The minimum atomic E-state index is -3.21. The third-order valence-electron chi connectivity index (χ3n) is 6.79. The number of likely N-dealkylation sites (tertiary alicyclic amines) is 1. The van der Waals surface area contributed by atoms with E-state index in [2.05, 4.69) is 20.7 Å². The van der Waals surface area contributed by atoms with Crippen LogP contribution < -0.4 is 16.0 Å². The molecule has 2 fully saturated rings. The molecule has 222 valence electrons. The molecule has 1 heterocycles. The highest BCUT2D eigenvalue weighted by molar-refractivity contribution is 6.38. The number of alkyl halides is 4. The number of ketones is 1. The van der Waals surface area contributed by atoms with E-state index in [-0.39, 0.29) is 19.0 Å². The first kappa shape index (κ1) is 32.3. The summed E-state index contributed by atoms with van der Waals surface area (Å²) in [4.78, 5) is 65.0. The maximum atomic E-state index is 13.6. The number of methoxy groups -OCH3 is 1. The first-order valence-electron chi connectivity index (χ1n) is 12.9. The summed E-state index contributed by atoms with van der Waals surface area (Å²) in [6.07, 6.45) is -4.41. The highest BCUT2D eigenvalue weighted by Crippen LogP contribution is 2.31. The summed E-state index contributed by atoms with van der Waals surface area (Å²) in [6, 6.07) is -4.57. The number of rotatable bonds is 11. The van der Waals surface area contributed by atoms with Crippen molar-refractivity contribution in [3.63, 3.8) is 0 Å². The number of carbonyl (C=O) groups is 5. The second-order valence-electron chi connectivity index (χ2n) is 11.4. The quantitative estimate of drug-likeness (QED) is 0.260. The van der Waals surface area contributed by atoms with Crippen molar-refractivity contribution in [1.29, 1.82) is 0 Å². The van der Waals surface area contributed by atoms with Crippen LogP contribution in [0.2, 0.25) is 0 Å². The molecular formula is C25H38F4N4O6. The highest BCUT2D eigenvalue weighted by atomic mass is 19.3. The van der Waals surface area contributed by atoms with Crippen LogP contribution in [0.4, 0.5) is 22.4 Å². The van der Waals surface area contributed by atoms with E-state index in [9.17, 15) is 41.5 Å². The lowest BCUT2D eigenvalue weighted by molar-refractivity contribution is -0.149. The molecule has 10 nitrogen and oxygen atoms in total. The fraction of sp³-hybridized carbons (Fsp3) is 0.800. The number of nitrogens with zero attached hydrogens (tertiary/aromatic N) is 1. The van der Waals surface area contributed by atoms with Crippen molar-refractivity contribution in [3.05, 3.63) is 0 Å². The molecule has 1 aliphatic carbocycles. The minimum Gasteiger partial charge on any atom is -0.453 e. The van der Waals surface area contributed by atoms with Crippen LogP contribution in [0.5, 0.6) is 0 Å². The Morgan fingerprint density at radius 2 is 1.62 bits per heavy atom. The Hall–Kier alpha value is -2.93. The lowest BCUT2D eigenvalue weighted by atomic mass is 9.83. The van der Waals surface area contributed by atoms with Gasteiger partial charge in [0, 0.05) is 24.9 Å². The van der Waals surface area contributed by atoms with Gasteiger partial charge in [-0.2, -0.15) is 0 Å². The van der Waals surface area contributed by atoms with Crippen LogP contribution in [-0.2, 0) is 23.9 Å². The Morgan fingerprint density at radius 3 is 2.10 bits per heavy atom. The number of amides is 4. The van der Waals surface area contributed by atoms with Crippen LogP contribution in [0.25, 0.3) is 0 Å². The Labute approximate surface area is 224 Å². The van der Waals surface area contributed by atoms with Crippen molar-refractivity contribution < 1.29 is 46.3 Å². The molecule has 0 bridgehead atoms. The minimum absolute atomic E-state index is 0.128. The van der Waals surface area contributed by atoms with Gasteiger partial charge in [-0.25, -0.2) is 22.4 Å². The van der Waals surface area contributed by atoms with E-state index >= 15 is 0 Å². The number of hydrogen-bond donors (Lipinski definition) is 3. The molecule has 3 N–H and O–H groups in total. The first-order chi connectivity index (χ1) is 17.9. The zero-order valence-corrected chi connectivity index (χ0v) is 22.8. The van der Waals surface area contributed by atoms with Gasteiger partial charge in [-0.15, -0.1) is 0 Å². The number of carbonyl (C=O) groups excluding carboxylic acids is 5. The third kappa shape index (κ3) is 9.64. The zero-order chi connectivity index (χ0) is 29.7. The van der Waals surface area contributed by atoms with E-state index < -0.39 is 90.7 Å². The van der Waals surface area contributed by atoms with Gasteiger partial charge in [0.05, 0.1) is 13.2 Å². The van der Waals surface area contributed by atoms with Crippen molar-refractivity contribution in [2.24, 2.45) is 11.3 Å². The number of Topliss-reactive ketones (excluding diaryl/α,β-unsaturated/α-hetero) is 1. The largest absolute Gasteiger partial charge is 0.453 e. The van der Waals surface area contributed by atoms with Crippen LogP contribution in [0.1, 0.15) is 66.2 Å². The van der Waals surface area contributed by atoms with Crippen molar-refractivity contribution >= 4 is 29.6 Å². The van der Waals surface area contributed by atoms with Gasteiger partial charge in [-0.3, -0.25) is 19.2 Å². The predicted molar refractivity (Wildman–Crippen MR) is 131 cm³/mol. The lowest BCUT2D eigenvalue weighted by Gasteiger charge is -2.42. The normalized spacial score (nSPS) is 21.5. The molecule has 0 aromatic carbocycles. The van der Waals surface area contributed by atoms with Crippen molar-refractivity contribution in [2.75, 3.05) is 13.7 Å². The van der Waals surface area contributed by atoms with E-state index in [1.54, 1.807) is 20.8 Å². The summed E-state index contributed by atoms with van der Waals surface area (Å²) >= 11 is 0. The van der Waals surface area contributed by atoms with Crippen molar-refractivity contribution in [2.45, 2.75) is 103 Å². The standard InChI is InChI=1S/C25H38F4N4O6/c1-24(2,3)18(32-23(38)39-5)22(37)33-11-9-13(19(26)27)12-16(33)20(35)31-15(8-10-25(4,28)29)17(34)21(36)30-14-6-7-14/h13-16,18-19H,6-12H2,1-5H3,(H,30,36)(H,31,35)(H,32,38)/t13?,15-,16?,18+/m0/s1. The SMILES string of the molecule is COC(=O)N[C@H](C(=O)N1CCC(C(F)F)CC1C(=O)N[C@@H](CCC(C)(F)F)C(=O)C(=O)NC1CC1)C(C)(C)C. The summed E-state index contributed by atoms with van der Waals surface area (Å²) in [5, 5.41) is 7.13. The van der Waals surface area contributed by atoms with Gasteiger partial charge in [0.25, 0.3) is 5.91 Å². The summed E-state index contributed by atoms with van der Waals surface area (Å²) in [5.41, 5.74) is -0.877. The van der Waals surface area contributed by atoms with E-state index in [4.69, 9.17) is 0 Å². The Kier molecular flexibility index (Phi) is 10.7. The summed E-state index contributed by atoms with van der Waals surface area (Å²) < 4.78 is 59.0. The second kappa shape index (κ2) is 12.9. The van der Waals surface area contributed by atoms with Crippen LogP contribution in [0.3, 0.4) is 0 Å². The maximum absolute atomic E-state index is 13.6. The Balaban J connectivity index is 2.33. The van der Waals surface area contributed by atoms with Gasteiger partial charge < -0.3 is 25.6 Å². The smallest absolute Gasteiger partial charge is 0.407 e. The fourth-order valence-corrected chi connectivity index (χ4v) is 4.30. The number of halogens is 4. The molecule has 39 heavy (non-hydrogen) atoms. The average Bonchev–Trinajstić information content (AvgIpc) is 3.66. The van der Waals surface area contributed by atoms with Crippen LogP contribution >= 0.6 is 0 Å². The molecule has 0 aromatic rings. The molecule has 1 saturated heterocycles. The van der Waals surface area contributed by atoms with Crippen LogP contribution in [0, 0.1) is 11.3 Å². The van der Waals surface area contributed by atoms with Gasteiger partial charge in [0.2, 0.25) is 29.9 Å². The van der Waals surface area contributed by atoms with Gasteiger partial charge in [0.1, 0.15) is 12.1 Å². The topological polar surface area (TPSA) is 134 Å². The molecule has 4 amide bonds. The molecule has 14 heteroatoms. The second-order valence-corrected chi connectivity index (χ2v) is 11.4. The molecule has 1 saturated carbocycles. The monoisotopic (exact) mass is 566 g/mol. The van der Waals surface area contributed by atoms with Gasteiger partial charge >= 0.3 is 6.09 Å². The number of nitrogens with one attached hydrogen (secondary N) is 3. The zero-order valence-electron chi connectivity index (χ0n) is 22.8. The lowest BCUT2D eigenvalue weighted by Crippen LogP contribution is -2.62. The molecule has 0 radical (unpaired) electrons. The van der Waals surface area contributed by atoms with Crippen molar-refractivity contribution in [3.8, 4) is 0 Å². The molecule has 2 aliphatic rings. The molecule has 0 spiro atoms. The Morgan fingerprint density at radius 1 is 1.00 bits per heavy atom. The summed E-state index contributed by atoms with van der Waals surface area (Å²) in [5.74, 6) is -8.41.